The van der Waals surface area contributed by atoms with Crippen molar-refractivity contribution in [1.82, 2.24) is 20.4 Å². The number of urea groups is 1. The van der Waals surface area contributed by atoms with Crippen LogP contribution >= 0.6 is 11.6 Å². The van der Waals surface area contributed by atoms with Gasteiger partial charge in [0, 0.05) is 43.3 Å². The van der Waals surface area contributed by atoms with E-state index in [-0.39, 0.29) is 11.8 Å². The molecule has 1 atom stereocenters. The van der Waals surface area contributed by atoms with Gasteiger partial charge in [0.1, 0.15) is 0 Å². The van der Waals surface area contributed by atoms with Crippen LogP contribution in [0.3, 0.4) is 0 Å². The van der Waals surface area contributed by atoms with Crippen LogP contribution in [0.1, 0.15) is 29.3 Å². The van der Waals surface area contributed by atoms with Crippen LogP contribution in [0.4, 0.5) is 4.79 Å². The Balaban J connectivity index is 1.49. The van der Waals surface area contributed by atoms with Gasteiger partial charge in [0.2, 0.25) is 5.91 Å². The van der Waals surface area contributed by atoms with Crippen molar-refractivity contribution in [2.75, 3.05) is 26.2 Å². The predicted molar refractivity (Wildman–Crippen MR) is 120 cm³/mol. The lowest BCUT2D eigenvalue weighted by Crippen LogP contribution is -2.50. The second-order valence-electron chi connectivity index (χ2n) is 7.53. The second kappa shape index (κ2) is 10.9. The molecule has 2 N–H and O–H groups in total. The summed E-state index contributed by atoms with van der Waals surface area (Å²) in [5.41, 5.74) is 1.51. The van der Waals surface area contributed by atoms with E-state index in [1.54, 1.807) is 36.1 Å². The van der Waals surface area contributed by atoms with E-state index in [2.05, 4.69) is 10.6 Å². The summed E-state index contributed by atoms with van der Waals surface area (Å²) in [7, 11) is 0. The molecule has 0 bridgehead atoms. The Labute approximate surface area is 187 Å². The van der Waals surface area contributed by atoms with Gasteiger partial charge in [-0.15, -0.1) is 0 Å². The lowest BCUT2D eigenvalue weighted by Gasteiger charge is -2.26. The predicted octanol–water partition coefficient (Wildman–Crippen LogP) is 2.90. The molecule has 1 fully saturated rings. The molecule has 0 saturated carbocycles. The molecular weight excluding hydrogens is 416 g/mol. The number of nitrogens with one attached hydrogen (secondary N) is 2. The van der Waals surface area contributed by atoms with Crippen molar-refractivity contribution in [3.63, 3.8) is 0 Å². The largest absolute Gasteiger partial charge is 0.337 e. The van der Waals surface area contributed by atoms with Crippen LogP contribution in [0.5, 0.6) is 0 Å². The van der Waals surface area contributed by atoms with Crippen LogP contribution < -0.4 is 10.6 Å². The van der Waals surface area contributed by atoms with Crippen molar-refractivity contribution >= 4 is 29.4 Å². The fourth-order valence-corrected chi connectivity index (χ4v) is 3.73. The van der Waals surface area contributed by atoms with Crippen LogP contribution in [0, 0.1) is 0 Å². The third-order valence-electron chi connectivity index (χ3n) is 5.35. The van der Waals surface area contributed by atoms with Gasteiger partial charge in [-0.2, -0.15) is 0 Å². The summed E-state index contributed by atoms with van der Waals surface area (Å²) in [6.07, 6.45) is 0.740. The normalized spacial score (nSPS) is 15.6. The Bertz CT molecular complexity index is 922. The van der Waals surface area contributed by atoms with Crippen molar-refractivity contribution < 1.29 is 14.4 Å². The first-order chi connectivity index (χ1) is 14.9. The summed E-state index contributed by atoms with van der Waals surface area (Å²) in [6, 6.07) is 15.4. The van der Waals surface area contributed by atoms with Gasteiger partial charge in [0.05, 0.1) is 6.04 Å². The van der Waals surface area contributed by atoms with E-state index >= 15 is 0 Å². The first-order valence-electron chi connectivity index (χ1n) is 10.4. The van der Waals surface area contributed by atoms with E-state index in [9.17, 15) is 14.4 Å². The van der Waals surface area contributed by atoms with Gasteiger partial charge < -0.3 is 10.2 Å². The molecule has 3 rings (SSSR count). The first-order valence-corrected chi connectivity index (χ1v) is 10.7. The average molecular weight is 443 g/mol. The fraction of sp³-hybridized carbons (Fsp3) is 0.348. The van der Waals surface area contributed by atoms with Crippen molar-refractivity contribution in [2.24, 2.45) is 0 Å². The number of halogens is 1. The second-order valence-corrected chi connectivity index (χ2v) is 7.96. The van der Waals surface area contributed by atoms with E-state index in [4.69, 9.17) is 11.6 Å². The molecule has 1 heterocycles. The fourth-order valence-electron chi connectivity index (χ4n) is 3.54. The molecular formula is C23H27ClN4O3. The van der Waals surface area contributed by atoms with Gasteiger partial charge in [-0.1, -0.05) is 48.0 Å². The molecule has 2 aromatic rings. The number of hydrogen-bond acceptors (Lipinski definition) is 4. The Morgan fingerprint density at radius 1 is 1.00 bits per heavy atom. The minimum absolute atomic E-state index is 0.0678. The number of nitrogens with zero attached hydrogens (tertiary/aromatic N) is 2. The standard InChI is InChI=1S/C23H27ClN4O3/c1-17(21(29)26-23(31)25-16-18-7-3-2-4-8-18)27-11-6-12-28(14-13-27)22(30)19-9-5-10-20(24)15-19/h2-5,7-10,15,17H,6,11-14,16H2,1H3,(H2,25,26,29,31). The molecule has 8 heteroatoms. The molecule has 1 aliphatic rings. The maximum absolute atomic E-state index is 12.8. The highest BCUT2D eigenvalue weighted by Gasteiger charge is 2.27. The number of carbonyl (C=O) groups is 3. The number of carbonyl (C=O) groups excluding carboxylic acids is 3. The van der Waals surface area contributed by atoms with Crippen molar-refractivity contribution in [1.29, 1.82) is 0 Å². The lowest BCUT2D eigenvalue weighted by molar-refractivity contribution is -0.124. The number of imide groups is 1. The van der Waals surface area contributed by atoms with Gasteiger partial charge in [-0.05, 0) is 37.1 Å². The van der Waals surface area contributed by atoms with Gasteiger partial charge in [-0.25, -0.2) is 4.79 Å². The topological polar surface area (TPSA) is 81.8 Å². The SMILES string of the molecule is CC(C(=O)NC(=O)NCc1ccccc1)N1CCCN(C(=O)c2cccc(Cl)c2)CC1. The van der Waals surface area contributed by atoms with Crippen LogP contribution in [0.25, 0.3) is 0 Å². The number of benzene rings is 2. The van der Waals surface area contributed by atoms with Crippen molar-refractivity contribution in [2.45, 2.75) is 25.9 Å². The monoisotopic (exact) mass is 442 g/mol. The third-order valence-corrected chi connectivity index (χ3v) is 5.58. The molecule has 31 heavy (non-hydrogen) atoms. The average Bonchev–Trinajstić information content (AvgIpc) is 3.03. The highest BCUT2D eigenvalue weighted by Crippen LogP contribution is 2.15. The molecule has 0 aliphatic carbocycles. The first kappa shape index (κ1) is 22.8. The number of rotatable bonds is 5. The number of hydrogen-bond donors (Lipinski definition) is 2. The Kier molecular flexibility index (Phi) is 8.03. The zero-order valence-corrected chi connectivity index (χ0v) is 18.3. The zero-order chi connectivity index (χ0) is 22.2. The maximum Gasteiger partial charge on any atom is 0.321 e. The summed E-state index contributed by atoms with van der Waals surface area (Å²) >= 11 is 6.00. The molecule has 0 spiro atoms. The molecule has 0 radical (unpaired) electrons. The highest BCUT2D eigenvalue weighted by molar-refractivity contribution is 6.30. The Morgan fingerprint density at radius 2 is 1.77 bits per heavy atom. The lowest BCUT2D eigenvalue weighted by atomic mass is 10.2. The van der Waals surface area contributed by atoms with Gasteiger partial charge in [0.25, 0.3) is 5.91 Å². The summed E-state index contributed by atoms with van der Waals surface area (Å²) in [4.78, 5) is 41.2. The van der Waals surface area contributed by atoms with Gasteiger partial charge >= 0.3 is 6.03 Å². The molecule has 1 unspecified atom stereocenters. The number of amides is 4. The third kappa shape index (κ3) is 6.54. The molecule has 2 aromatic carbocycles. The van der Waals surface area contributed by atoms with E-state index in [0.717, 1.165) is 12.0 Å². The maximum atomic E-state index is 12.8. The van der Waals surface area contributed by atoms with Gasteiger partial charge in [0.15, 0.2) is 0 Å². The minimum atomic E-state index is -0.520. The quantitative estimate of drug-likeness (QED) is 0.746. The van der Waals surface area contributed by atoms with Crippen LogP contribution in [-0.4, -0.2) is 59.9 Å². The van der Waals surface area contributed by atoms with E-state index in [0.29, 0.717) is 43.3 Å². The smallest absolute Gasteiger partial charge is 0.321 e. The van der Waals surface area contributed by atoms with E-state index < -0.39 is 12.1 Å². The molecule has 164 valence electrons. The van der Waals surface area contributed by atoms with E-state index in [1.165, 1.54) is 0 Å². The molecule has 1 saturated heterocycles. The minimum Gasteiger partial charge on any atom is -0.337 e. The van der Waals surface area contributed by atoms with Gasteiger partial charge in [-0.3, -0.25) is 19.8 Å². The Hall–Kier alpha value is -2.90. The highest BCUT2D eigenvalue weighted by atomic mass is 35.5. The summed E-state index contributed by atoms with van der Waals surface area (Å²) in [5, 5.41) is 5.63. The van der Waals surface area contributed by atoms with Crippen LogP contribution in [0.15, 0.2) is 54.6 Å². The summed E-state index contributed by atoms with van der Waals surface area (Å²) in [6.45, 7) is 4.44. The zero-order valence-electron chi connectivity index (χ0n) is 17.5. The van der Waals surface area contributed by atoms with Crippen LogP contribution in [0.2, 0.25) is 5.02 Å². The van der Waals surface area contributed by atoms with Crippen molar-refractivity contribution in [3.8, 4) is 0 Å². The Morgan fingerprint density at radius 3 is 2.52 bits per heavy atom. The molecule has 1 aliphatic heterocycles. The summed E-state index contributed by atoms with van der Waals surface area (Å²) < 4.78 is 0. The van der Waals surface area contributed by atoms with Crippen molar-refractivity contribution in [3.05, 3.63) is 70.7 Å². The van der Waals surface area contributed by atoms with E-state index in [1.807, 2.05) is 35.2 Å². The van der Waals surface area contributed by atoms with Crippen LogP contribution in [-0.2, 0) is 11.3 Å². The molecule has 7 nitrogen and oxygen atoms in total. The molecule has 4 amide bonds. The summed E-state index contributed by atoms with van der Waals surface area (Å²) in [5.74, 6) is -0.429. The molecule has 0 aromatic heterocycles.